The van der Waals surface area contributed by atoms with Gasteiger partial charge in [-0.1, -0.05) is 33.6 Å². The van der Waals surface area contributed by atoms with Crippen LogP contribution in [0.25, 0.3) is 11.0 Å². The second-order valence-electron chi connectivity index (χ2n) is 11.7. The Bertz CT molecular complexity index is 1020. The van der Waals surface area contributed by atoms with Gasteiger partial charge in [0.2, 0.25) is 0 Å². The molecule has 5 heteroatoms. The second kappa shape index (κ2) is 7.26. The first-order chi connectivity index (χ1) is 14.6. The number of amides is 1. The zero-order valence-corrected chi connectivity index (χ0v) is 19.4. The Morgan fingerprint density at radius 2 is 1.97 bits per heavy atom. The van der Waals surface area contributed by atoms with Gasteiger partial charge in [-0.3, -0.25) is 4.79 Å². The molecule has 5 rings (SSSR count). The molecule has 168 valence electrons. The minimum atomic E-state index is -0.0572. The number of aryl methyl sites for hydroxylation is 1. The fourth-order valence-corrected chi connectivity index (χ4v) is 7.33. The van der Waals surface area contributed by atoms with Crippen LogP contribution in [0.3, 0.4) is 0 Å². The fourth-order valence-electron chi connectivity index (χ4n) is 7.33. The highest BCUT2D eigenvalue weighted by Gasteiger charge is 2.52. The number of fused-ring (bicyclic) bond motifs is 3. The number of nitrogens with one attached hydrogen (secondary N) is 2. The molecular weight excluding hydrogens is 388 g/mol. The van der Waals surface area contributed by atoms with E-state index < -0.39 is 0 Å². The van der Waals surface area contributed by atoms with Crippen molar-refractivity contribution in [2.75, 3.05) is 6.54 Å². The highest BCUT2D eigenvalue weighted by Crippen LogP contribution is 2.47. The minimum absolute atomic E-state index is 0.0572. The van der Waals surface area contributed by atoms with Crippen LogP contribution in [0.2, 0.25) is 0 Å². The normalized spacial score (nSPS) is 30.2. The molecule has 3 aliphatic rings. The van der Waals surface area contributed by atoms with Crippen molar-refractivity contribution in [3.8, 4) is 5.75 Å². The zero-order valence-electron chi connectivity index (χ0n) is 19.4. The summed E-state index contributed by atoms with van der Waals surface area (Å²) in [5, 5.41) is 14.9. The molecule has 1 aliphatic heterocycles. The molecule has 31 heavy (non-hydrogen) atoms. The molecule has 2 aromatic rings. The number of benzene rings is 1. The van der Waals surface area contributed by atoms with Gasteiger partial charge >= 0.3 is 0 Å². The Morgan fingerprint density at radius 1 is 1.23 bits per heavy atom. The average molecular weight is 426 g/mol. The van der Waals surface area contributed by atoms with Gasteiger partial charge in [-0.2, -0.15) is 0 Å². The Balaban J connectivity index is 1.50. The first-order valence-corrected chi connectivity index (χ1v) is 12.0. The Labute approximate surface area is 185 Å². The first-order valence-electron chi connectivity index (χ1n) is 12.0. The molecule has 1 aromatic carbocycles. The topological polar surface area (TPSA) is 66.9 Å². The smallest absolute Gasteiger partial charge is 0.255 e. The maximum Gasteiger partial charge on any atom is 0.255 e. The van der Waals surface area contributed by atoms with Crippen molar-refractivity contribution in [2.45, 2.75) is 91.3 Å². The van der Waals surface area contributed by atoms with Gasteiger partial charge in [0, 0.05) is 29.7 Å². The molecule has 3 N–H and O–H groups in total. The van der Waals surface area contributed by atoms with Gasteiger partial charge in [-0.15, -0.1) is 0 Å². The molecule has 0 radical (unpaired) electrons. The van der Waals surface area contributed by atoms with E-state index in [9.17, 15) is 9.90 Å². The van der Waals surface area contributed by atoms with Crippen LogP contribution in [-0.4, -0.2) is 29.6 Å². The molecule has 3 fully saturated rings. The second-order valence-corrected chi connectivity index (χ2v) is 11.7. The minimum Gasteiger partial charge on any atom is -0.507 e. The number of quaternary nitrogens is 1. The van der Waals surface area contributed by atoms with Crippen LogP contribution in [0.1, 0.15) is 87.4 Å². The fraction of sp³-hybridized carbons (Fsp3) is 0.654. The molecule has 1 saturated heterocycles. The van der Waals surface area contributed by atoms with Gasteiger partial charge in [-0.05, 0) is 43.7 Å². The van der Waals surface area contributed by atoms with E-state index in [1.165, 1.54) is 37.0 Å². The van der Waals surface area contributed by atoms with E-state index >= 15 is 0 Å². The van der Waals surface area contributed by atoms with E-state index in [1.54, 1.807) is 12.1 Å². The molecular formula is C26H37N2O3+. The zero-order chi connectivity index (χ0) is 22.0. The number of carbonyl (C=O) groups is 1. The number of phenolic OH excluding ortho intramolecular Hbond substituents is 1. The standard InChI is InChI=1S/C26H36N2O3/c1-16-22(24(30)27-17-7-5-6-8-17)23-19(20(29)9-10-21(23)31-16)13-28-15-26(4)12-18(28)11-25(2,3)14-26/h9-10,17-18,29H,5-8,11-15H2,1-4H3,(H,27,30)/p+1/t18-,26-/m0/s1. The van der Waals surface area contributed by atoms with Crippen molar-refractivity contribution in [3.05, 3.63) is 29.0 Å². The van der Waals surface area contributed by atoms with Gasteiger partial charge in [0.1, 0.15) is 23.6 Å². The summed E-state index contributed by atoms with van der Waals surface area (Å²) in [5.74, 6) is 0.862. The third-order valence-electron chi connectivity index (χ3n) is 8.11. The summed E-state index contributed by atoms with van der Waals surface area (Å²) in [7, 11) is 0. The van der Waals surface area contributed by atoms with Crippen LogP contribution < -0.4 is 10.2 Å². The van der Waals surface area contributed by atoms with Crippen LogP contribution in [0, 0.1) is 17.8 Å². The number of furan rings is 1. The first kappa shape index (κ1) is 20.9. The number of rotatable bonds is 4. The van der Waals surface area contributed by atoms with E-state index in [4.69, 9.17) is 4.42 Å². The molecule has 1 amide bonds. The largest absolute Gasteiger partial charge is 0.507 e. The predicted octanol–water partition coefficient (Wildman–Crippen LogP) is 4.10. The molecule has 3 atom stereocenters. The monoisotopic (exact) mass is 425 g/mol. The molecule has 2 saturated carbocycles. The number of aromatic hydroxyl groups is 1. The Morgan fingerprint density at radius 3 is 2.71 bits per heavy atom. The molecule has 2 bridgehead atoms. The van der Waals surface area contributed by atoms with E-state index in [2.05, 4.69) is 26.1 Å². The average Bonchev–Trinajstić information content (AvgIpc) is 3.33. The van der Waals surface area contributed by atoms with Gasteiger partial charge in [-0.25, -0.2) is 0 Å². The maximum atomic E-state index is 13.3. The maximum absolute atomic E-state index is 13.3. The van der Waals surface area contributed by atoms with Crippen LogP contribution in [0.5, 0.6) is 5.75 Å². The summed E-state index contributed by atoms with van der Waals surface area (Å²) in [6.07, 6.45) is 8.18. The lowest BCUT2D eigenvalue weighted by Gasteiger charge is -2.37. The molecule has 2 aliphatic carbocycles. The summed E-state index contributed by atoms with van der Waals surface area (Å²) >= 11 is 0. The van der Waals surface area contributed by atoms with Gasteiger partial charge in [0.15, 0.2) is 0 Å². The number of likely N-dealkylation sites (tertiary alicyclic amines) is 1. The number of hydrogen-bond donors (Lipinski definition) is 3. The predicted molar refractivity (Wildman–Crippen MR) is 121 cm³/mol. The lowest BCUT2D eigenvalue weighted by Crippen LogP contribution is -3.12. The quantitative estimate of drug-likeness (QED) is 0.691. The van der Waals surface area contributed by atoms with Gasteiger partial charge < -0.3 is 19.7 Å². The third-order valence-corrected chi connectivity index (χ3v) is 8.11. The summed E-state index contributed by atoms with van der Waals surface area (Å²) in [4.78, 5) is 14.8. The van der Waals surface area contributed by atoms with Crippen molar-refractivity contribution in [2.24, 2.45) is 10.8 Å². The lowest BCUT2D eigenvalue weighted by molar-refractivity contribution is -0.928. The summed E-state index contributed by atoms with van der Waals surface area (Å²) < 4.78 is 6.00. The molecule has 1 aromatic heterocycles. The van der Waals surface area contributed by atoms with Crippen molar-refractivity contribution < 1.29 is 19.2 Å². The third kappa shape index (κ3) is 3.75. The van der Waals surface area contributed by atoms with Gasteiger partial charge in [0.25, 0.3) is 5.91 Å². The van der Waals surface area contributed by atoms with E-state index in [0.717, 1.165) is 36.9 Å². The lowest BCUT2D eigenvalue weighted by atomic mass is 9.65. The molecule has 1 unspecified atom stereocenters. The highest BCUT2D eigenvalue weighted by molar-refractivity contribution is 6.09. The van der Waals surface area contributed by atoms with Crippen LogP contribution in [0.4, 0.5) is 0 Å². The summed E-state index contributed by atoms with van der Waals surface area (Å²) in [6.45, 7) is 10.9. The van der Waals surface area contributed by atoms with Crippen LogP contribution in [-0.2, 0) is 6.54 Å². The Kier molecular flexibility index (Phi) is 4.89. The van der Waals surface area contributed by atoms with E-state index in [1.807, 2.05) is 6.92 Å². The Hall–Kier alpha value is -2.01. The van der Waals surface area contributed by atoms with Crippen molar-refractivity contribution >= 4 is 16.9 Å². The van der Waals surface area contributed by atoms with E-state index in [0.29, 0.717) is 33.8 Å². The highest BCUT2D eigenvalue weighted by atomic mass is 16.3. The van der Waals surface area contributed by atoms with Crippen LogP contribution >= 0.6 is 0 Å². The molecule has 5 nitrogen and oxygen atoms in total. The molecule has 0 spiro atoms. The van der Waals surface area contributed by atoms with Crippen molar-refractivity contribution in [3.63, 3.8) is 0 Å². The van der Waals surface area contributed by atoms with E-state index in [-0.39, 0.29) is 17.7 Å². The van der Waals surface area contributed by atoms with Crippen LogP contribution in [0.15, 0.2) is 16.5 Å². The molecule has 2 heterocycles. The van der Waals surface area contributed by atoms with Crippen molar-refractivity contribution in [1.29, 1.82) is 0 Å². The number of phenols is 1. The number of carbonyl (C=O) groups excluding carboxylic acids is 1. The number of hydrogen-bond acceptors (Lipinski definition) is 3. The summed E-state index contributed by atoms with van der Waals surface area (Å²) in [5.41, 5.74) is 2.91. The SMILES string of the molecule is Cc1oc2ccc(O)c(C[NH+]3C[C@@]4(C)C[C@@H]3CC(C)(C)C4)c2c1C(=O)NC1CCCC1. The van der Waals surface area contributed by atoms with Gasteiger partial charge in [0.05, 0.1) is 23.7 Å². The summed E-state index contributed by atoms with van der Waals surface area (Å²) in [6, 6.07) is 4.39. The van der Waals surface area contributed by atoms with Crippen molar-refractivity contribution in [1.82, 2.24) is 5.32 Å².